The van der Waals surface area contributed by atoms with Crippen molar-refractivity contribution in [2.45, 2.75) is 44.4 Å². The lowest BCUT2D eigenvalue weighted by atomic mass is 9.95. The molecule has 0 saturated carbocycles. The van der Waals surface area contributed by atoms with Crippen molar-refractivity contribution in [3.05, 3.63) is 59.3 Å². The third kappa shape index (κ3) is 6.55. The number of halogens is 4. The van der Waals surface area contributed by atoms with Crippen LogP contribution in [0.5, 0.6) is 0 Å². The first-order valence-corrected chi connectivity index (χ1v) is 15.4. The zero-order valence-electron chi connectivity index (χ0n) is 25.6. The lowest BCUT2D eigenvalue weighted by molar-refractivity contribution is -0.137. The van der Waals surface area contributed by atoms with Crippen molar-refractivity contribution in [2.75, 3.05) is 61.0 Å². The highest BCUT2D eigenvalue weighted by Crippen LogP contribution is 2.43. The van der Waals surface area contributed by atoms with Gasteiger partial charge in [-0.2, -0.15) is 18.4 Å². The number of rotatable bonds is 7. The molecule has 244 valence electrons. The quantitative estimate of drug-likeness (QED) is 0.410. The van der Waals surface area contributed by atoms with Gasteiger partial charge < -0.3 is 14.7 Å². The maximum atomic E-state index is 14.0. The molecule has 3 aliphatic rings. The van der Waals surface area contributed by atoms with Crippen molar-refractivity contribution < 1.29 is 27.6 Å². The van der Waals surface area contributed by atoms with Gasteiger partial charge in [-0.3, -0.25) is 24.2 Å². The molecule has 2 saturated heterocycles. The van der Waals surface area contributed by atoms with Crippen LogP contribution in [0.1, 0.15) is 30.5 Å². The first kappa shape index (κ1) is 33.2. The molecule has 3 atom stereocenters. The van der Waals surface area contributed by atoms with Gasteiger partial charge in [-0.1, -0.05) is 24.2 Å². The van der Waals surface area contributed by atoms with E-state index in [1.54, 1.807) is 30.1 Å². The van der Waals surface area contributed by atoms with Crippen molar-refractivity contribution in [3.63, 3.8) is 0 Å². The van der Waals surface area contributed by atoms with Crippen molar-refractivity contribution in [1.29, 1.82) is 5.26 Å². The molecule has 10 nitrogen and oxygen atoms in total. The average Bonchev–Trinajstić information content (AvgIpc) is 3.33. The largest absolute Gasteiger partial charge is 0.416 e. The predicted octanol–water partition coefficient (Wildman–Crippen LogP) is 4.27. The Kier molecular flexibility index (Phi) is 9.60. The van der Waals surface area contributed by atoms with Gasteiger partial charge in [0.2, 0.25) is 17.7 Å². The molecular formula is C32H35ClF3N7O3. The molecule has 3 aliphatic heterocycles. The minimum atomic E-state index is -4.65. The van der Waals surface area contributed by atoms with E-state index in [-0.39, 0.29) is 42.8 Å². The molecular weight excluding hydrogens is 623 g/mol. The number of alkyl halides is 3. The van der Waals surface area contributed by atoms with Crippen LogP contribution in [-0.2, 0) is 20.6 Å². The number of piperazine rings is 1. The predicted molar refractivity (Wildman–Crippen MR) is 167 cm³/mol. The number of pyridine rings is 1. The van der Waals surface area contributed by atoms with Gasteiger partial charge in [0.25, 0.3) is 0 Å². The van der Waals surface area contributed by atoms with Crippen molar-refractivity contribution in [1.82, 2.24) is 14.8 Å². The summed E-state index contributed by atoms with van der Waals surface area (Å²) in [6, 6.07) is 7.79. The summed E-state index contributed by atoms with van der Waals surface area (Å²) < 4.78 is 41.1. The molecule has 1 aromatic carbocycles. The second-order valence-corrected chi connectivity index (χ2v) is 12.3. The molecule has 46 heavy (non-hydrogen) atoms. The van der Waals surface area contributed by atoms with Crippen LogP contribution >= 0.6 is 11.6 Å². The van der Waals surface area contributed by atoms with E-state index >= 15 is 0 Å². The van der Waals surface area contributed by atoms with Crippen LogP contribution in [-0.4, -0.2) is 90.9 Å². The molecule has 5 rings (SSSR count). The third-order valence-electron chi connectivity index (χ3n) is 8.88. The van der Waals surface area contributed by atoms with E-state index < -0.39 is 35.5 Å². The molecule has 0 radical (unpaired) electrons. The Morgan fingerprint density at radius 2 is 1.96 bits per heavy atom. The van der Waals surface area contributed by atoms with Crippen LogP contribution in [0.25, 0.3) is 0 Å². The molecule has 4 heterocycles. The zero-order chi connectivity index (χ0) is 33.3. The molecule has 14 heteroatoms. The highest BCUT2D eigenvalue weighted by atomic mass is 35.5. The van der Waals surface area contributed by atoms with Crippen LogP contribution in [0.2, 0.25) is 5.02 Å². The summed E-state index contributed by atoms with van der Waals surface area (Å²) in [6.07, 6.45) is -2.56. The normalized spacial score (nSPS) is 22.2. The molecule has 0 spiro atoms. The minimum absolute atomic E-state index is 0.0490. The van der Waals surface area contributed by atoms with E-state index in [1.165, 1.54) is 17.9 Å². The van der Waals surface area contributed by atoms with E-state index in [4.69, 9.17) is 11.6 Å². The summed E-state index contributed by atoms with van der Waals surface area (Å²) in [6.45, 7) is 8.07. The van der Waals surface area contributed by atoms with Crippen molar-refractivity contribution in [2.24, 2.45) is 5.92 Å². The highest BCUT2D eigenvalue weighted by Gasteiger charge is 2.49. The van der Waals surface area contributed by atoms with Gasteiger partial charge in [-0.15, -0.1) is 0 Å². The minimum Gasteiger partial charge on any atom is -0.368 e. The number of hydrogen-bond acceptors (Lipinski definition) is 7. The third-order valence-corrected chi connectivity index (χ3v) is 9.18. The molecule has 2 fully saturated rings. The Labute approximate surface area is 270 Å². The maximum absolute atomic E-state index is 14.0. The van der Waals surface area contributed by atoms with Gasteiger partial charge in [0.15, 0.2) is 0 Å². The lowest BCUT2D eigenvalue weighted by Gasteiger charge is -2.41. The Hall–Kier alpha value is -4.15. The molecule has 1 unspecified atom stereocenters. The number of nitrogens with zero attached hydrogens (tertiary/aromatic N) is 7. The van der Waals surface area contributed by atoms with Gasteiger partial charge >= 0.3 is 6.18 Å². The fourth-order valence-electron chi connectivity index (χ4n) is 6.76. The molecule has 0 N–H and O–H groups in total. The number of nitriles is 1. The van der Waals surface area contributed by atoms with Crippen molar-refractivity contribution >= 4 is 46.5 Å². The number of hydrogen-bond donors (Lipinski definition) is 0. The van der Waals surface area contributed by atoms with E-state index in [0.29, 0.717) is 55.5 Å². The summed E-state index contributed by atoms with van der Waals surface area (Å²) in [4.78, 5) is 52.5. The van der Waals surface area contributed by atoms with E-state index in [2.05, 4.69) is 22.5 Å². The van der Waals surface area contributed by atoms with Gasteiger partial charge in [0.1, 0.15) is 11.9 Å². The Morgan fingerprint density at radius 1 is 1.20 bits per heavy atom. The summed E-state index contributed by atoms with van der Waals surface area (Å²) in [5.74, 6) is -1.86. The first-order chi connectivity index (χ1) is 21.8. The summed E-state index contributed by atoms with van der Waals surface area (Å²) in [5, 5.41) is 9.75. The summed E-state index contributed by atoms with van der Waals surface area (Å²) in [7, 11) is 1.57. The second-order valence-electron chi connectivity index (χ2n) is 11.9. The lowest BCUT2D eigenvalue weighted by Crippen LogP contribution is -2.55. The Morgan fingerprint density at radius 3 is 2.65 bits per heavy atom. The van der Waals surface area contributed by atoms with E-state index in [0.717, 1.165) is 17.0 Å². The number of fused-ring (bicyclic) bond motifs is 2. The van der Waals surface area contributed by atoms with Gasteiger partial charge in [-0.25, -0.2) is 4.98 Å². The standard InChI is InChI=1S/C32H35ClF3N7O3/c1-4-27(44)42-14-13-40(19-23(42)9-10-37)11-6-12-41-18-21-16-28(45)43(26-17-22(32(34,35)36)15-20(2)38-26)29(21)31(46)39(3)25-8-5-7-24(33)30(25)41/h4-5,7-8,15,17,21,23,29H,1,6,9,11-14,16,18-19H2,2-3H3/t21-,23?,29+/m1/s1. The van der Waals surface area contributed by atoms with Crippen LogP contribution in [0.3, 0.4) is 0 Å². The molecule has 0 bridgehead atoms. The van der Waals surface area contributed by atoms with E-state index in [1.807, 2.05) is 4.90 Å². The zero-order valence-corrected chi connectivity index (χ0v) is 26.4. The van der Waals surface area contributed by atoms with Crippen LogP contribution in [0, 0.1) is 24.2 Å². The number of likely N-dealkylation sites (N-methyl/N-ethyl adjacent to an activating group) is 1. The smallest absolute Gasteiger partial charge is 0.368 e. The first-order valence-electron chi connectivity index (χ1n) is 15.0. The van der Waals surface area contributed by atoms with Crippen LogP contribution in [0.15, 0.2) is 43.0 Å². The monoisotopic (exact) mass is 657 g/mol. The molecule has 3 amide bonds. The highest BCUT2D eigenvalue weighted by molar-refractivity contribution is 6.34. The summed E-state index contributed by atoms with van der Waals surface area (Å²) in [5.41, 5.74) is 0.303. The molecule has 0 aliphatic carbocycles. The number of para-hydroxylation sites is 1. The van der Waals surface area contributed by atoms with Gasteiger partial charge in [-0.05, 0) is 50.2 Å². The fraction of sp³-hybridized carbons (Fsp3) is 0.469. The number of aromatic nitrogens is 1. The average molecular weight is 658 g/mol. The number of amides is 3. The maximum Gasteiger partial charge on any atom is 0.416 e. The van der Waals surface area contributed by atoms with E-state index in [9.17, 15) is 32.8 Å². The Bertz CT molecular complexity index is 1580. The van der Waals surface area contributed by atoms with Gasteiger partial charge in [0, 0.05) is 57.8 Å². The molecule has 2 aromatic rings. The molecule has 1 aromatic heterocycles. The summed E-state index contributed by atoms with van der Waals surface area (Å²) >= 11 is 6.73. The fourth-order valence-corrected chi connectivity index (χ4v) is 7.05. The Balaban J connectivity index is 1.41. The number of carbonyl (C=O) groups excluding carboxylic acids is 3. The van der Waals surface area contributed by atoms with Crippen LogP contribution < -0.4 is 14.7 Å². The topological polar surface area (TPSA) is 104 Å². The van der Waals surface area contributed by atoms with Gasteiger partial charge in [0.05, 0.1) is 40.5 Å². The van der Waals surface area contributed by atoms with Crippen LogP contribution in [0.4, 0.5) is 30.4 Å². The number of benzene rings is 1. The number of carbonyl (C=O) groups is 3. The number of anilines is 3. The second kappa shape index (κ2) is 13.3. The van der Waals surface area contributed by atoms with Crippen molar-refractivity contribution in [3.8, 4) is 6.07 Å². The SMILES string of the molecule is C=CC(=O)N1CCN(CCCN2C[C@H]3CC(=O)N(c4cc(C(F)(F)F)cc(C)n4)[C@@H]3C(=O)N(C)c3cccc(Cl)c32)CC1CC#N. The number of aryl methyl sites for hydroxylation is 1.